The van der Waals surface area contributed by atoms with Crippen LogP contribution in [0.25, 0.3) is 0 Å². The van der Waals surface area contributed by atoms with Crippen LogP contribution < -0.4 is 0 Å². The molecule has 0 atom stereocenters. The van der Waals surface area contributed by atoms with E-state index in [2.05, 4.69) is 6.92 Å². The van der Waals surface area contributed by atoms with Gasteiger partial charge in [0, 0.05) is 13.5 Å². The lowest BCUT2D eigenvalue weighted by Crippen LogP contribution is -2.07. The summed E-state index contributed by atoms with van der Waals surface area (Å²) in [4.78, 5) is 0. The summed E-state index contributed by atoms with van der Waals surface area (Å²) >= 11 is 0. The molecule has 0 aromatic heterocycles. The molecule has 0 amide bonds. The van der Waals surface area contributed by atoms with Gasteiger partial charge in [-0.1, -0.05) is 39.0 Å². The highest BCUT2D eigenvalue weighted by Gasteiger charge is 2.11. The minimum atomic E-state index is 0.183. The number of hydrogen-bond acceptors (Lipinski definition) is 4. The van der Waals surface area contributed by atoms with Crippen molar-refractivity contribution in [3.05, 3.63) is 11.7 Å². The molecule has 0 rings (SSSR count). The summed E-state index contributed by atoms with van der Waals surface area (Å²) in [5.41, 5.74) is 0. The van der Waals surface area contributed by atoms with Gasteiger partial charge in [0.05, 0.1) is 13.2 Å². The quantitative estimate of drug-likeness (QED) is 0.266. The van der Waals surface area contributed by atoms with Gasteiger partial charge in [0.1, 0.15) is 0 Å². The average molecular weight is 288 g/mol. The fourth-order valence-corrected chi connectivity index (χ4v) is 1.92. The highest BCUT2D eigenvalue weighted by molar-refractivity contribution is 4.95. The van der Waals surface area contributed by atoms with E-state index in [4.69, 9.17) is 18.9 Å². The summed E-state index contributed by atoms with van der Waals surface area (Å²) in [6.07, 6.45) is 8.41. The monoisotopic (exact) mass is 288 g/mol. The average Bonchev–Trinajstić information content (AvgIpc) is 2.46. The van der Waals surface area contributed by atoms with Gasteiger partial charge in [-0.3, -0.25) is 0 Å². The first-order chi connectivity index (χ1) is 9.79. The molecule has 0 saturated heterocycles. The number of ether oxygens (including phenoxy) is 4. The Morgan fingerprint density at radius 1 is 0.750 bits per heavy atom. The van der Waals surface area contributed by atoms with Crippen LogP contribution in [0.3, 0.4) is 0 Å². The molecule has 20 heavy (non-hydrogen) atoms. The van der Waals surface area contributed by atoms with E-state index in [0.29, 0.717) is 19.2 Å². The second kappa shape index (κ2) is 14.5. The van der Waals surface area contributed by atoms with Crippen LogP contribution >= 0.6 is 0 Å². The van der Waals surface area contributed by atoms with Crippen molar-refractivity contribution in [2.75, 3.05) is 27.1 Å². The fraction of sp³-hybridized carbons (Fsp3) is 0.875. The first kappa shape index (κ1) is 19.1. The Bertz CT molecular complexity index is 239. The van der Waals surface area contributed by atoms with Crippen LogP contribution in [0.15, 0.2) is 11.7 Å². The zero-order valence-corrected chi connectivity index (χ0v) is 13.7. The smallest absolute Gasteiger partial charge is 0.321 e. The zero-order valence-electron chi connectivity index (χ0n) is 13.7. The SMILES string of the molecule is CCCCCCCC/C(OCC)=C(\OCC)OCOC. The Labute approximate surface area is 124 Å². The second-order valence-corrected chi connectivity index (χ2v) is 4.65. The zero-order chi connectivity index (χ0) is 15.1. The fourth-order valence-electron chi connectivity index (χ4n) is 1.92. The molecule has 0 bridgehead atoms. The third kappa shape index (κ3) is 9.96. The van der Waals surface area contributed by atoms with Gasteiger partial charge in [0.15, 0.2) is 12.6 Å². The van der Waals surface area contributed by atoms with Crippen LogP contribution in [0.5, 0.6) is 0 Å². The molecule has 0 fully saturated rings. The van der Waals surface area contributed by atoms with E-state index in [9.17, 15) is 0 Å². The molecule has 4 heteroatoms. The highest BCUT2D eigenvalue weighted by Crippen LogP contribution is 2.18. The molecule has 4 nitrogen and oxygen atoms in total. The molecule has 0 unspecified atom stereocenters. The van der Waals surface area contributed by atoms with Crippen LogP contribution in [0.2, 0.25) is 0 Å². The number of rotatable bonds is 14. The molecule has 0 aliphatic heterocycles. The Kier molecular flexibility index (Phi) is 13.9. The van der Waals surface area contributed by atoms with Crippen LogP contribution in [0.4, 0.5) is 0 Å². The van der Waals surface area contributed by atoms with Crippen molar-refractivity contribution in [1.82, 2.24) is 0 Å². The largest absolute Gasteiger partial charge is 0.491 e. The third-order valence-corrected chi connectivity index (χ3v) is 2.89. The molecule has 0 aromatic carbocycles. The maximum atomic E-state index is 5.66. The number of methoxy groups -OCH3 is 1. The van der Waals surface area contributed by atoms with Crippen molar-refractivity contribution in [3.63, 3.8) is 0 Å². The van der Waals surface area contributed by atoms with E-state index in [1.54, 1.807) is 7.11 Å². The van der Waals surface area contributed by atoms with Gasteiger partial charge in [-0.05, 0) is 20.3 Å². The van der Waals surface area contributed by atoms with Gasteiger partial charge in [-0.2, -0.15) is 0 Å². The summed E-state index contributed by atoms with van der Waals surface area (Å²) in [5.74, 6) is 1.28. The highest BCUT2D eigenvalue weighted by atomic mass is 16.7. The molecule has 0 aliphatic rings. The van der Waals surface area contributed by atoms with Crippen LogP contribution in [0.1, 0.15) is 65.7 Å². The van der Waals surface area contributed by atoms with Gasteiger partial charge in [-0.25, -0.2) is 0 Å². The van der Waals surface area contributed by atoms with Crippen molar-refractivity contribution in [2.24, 2.45) is 0 Å². The van der Waals surface area contributed by atoms with Crippen molar-refractivity contribution < 1.29 is 18.9 Å². The summed E-state index contributed by atoms with van der Waals surface area (Å²) in [5, 5.41) is 0. The van der Waals surface area contributed by atoms with Crippen LogP contribution in [-0.2, 0) is 18.9 Å². The van der Waals surface area contributed by atoms with Gasteiger partial charge in [-0.15, -0.1) is 0 Å². The number of hydrogen-bond donors (Lipinski definition) is 0. The maximum Gasteiger partial charge on any atom is 0.321 e. The molecule has 0 N–H and O–H groups in total. The predicted octanol–water partition coefficient (Wildman–Crippen LogP) is 4.60. The summed E-state index contributed by atoms with van der Waals surface area (Å²) in [6, 6.07) is 0. The minimum Gasteiger partial charge on any atom is -0.491 e. The van der Waals surface area contributed by atoms with E-state index in [-0.39, 0.29) is 6.79 Å². The van der Waals surface area contributed by atoms with Gasteiger partial charge >= 0.3 is 5.95 Å². The molecule has 0 heterocycles. The first-order valence-electron chi connectivity index (χ1n) is 7.90. The lowest BCUT2D eigenvalue weighted by molar-refractivity contribution is -0.0663. The Balaban J connectivity index is 4.24. The van der Waals surface area contributed by atoms with E-state index in [1.165, 1.54) is 32.1 Å². The lowest BCUT2D eigenvalue weighted by Gasteiger charge is -2.16. The van der Waals surface area contributed by atoms with Crippen LogP contribution in [-0.4, -0.2) is 27.1 Å². The van der Waals surface area contributed by atoms with E-state index in [0.717, 1.165) is 18.6 Å². The maximum absolute atomic E-state index is 5.66. The molecular formula is C16H32O4. The molecule has 120 valence electrons. The molecule has 0 aliphatic carbocycles. The van der Waals surface area contributed by atoms with Crippen LogP contribution in [0, 0.1) is 0 Å². The number of allylic oxidation sites excluding steroid dienone is 1. The third-order valence-electron chi connectivity index (χ3n) is 2.89. The lowest BCUT2D eigenvalue weighted by atomic mass is 10.1. The van der Waals surface area contributed by atoms with Gasteiger partial charge in [0.2, 0.25) is 0 Å². The Hall–Kier alpha value is -0.900. The number of unbranched alkanes of at least 4 members (excludes halogenated alkanes) is 5. The van der Waals surface area contributed by atoms with Crippen molar-refractivity contribution in [2.45, 2.75) is 65.7 Å². The second-order valence-electron chi connectivity index (χ2n) is 4.65. The van der Waals surface area contributed by atoms with Gasteiger partial charge < -0.3 is 18.9 Å². The molecule has 0 spiro atoms. The molecule has 0 saturated carbocycles. The predicted molar refractivity (Wildman–Crippen MR) is 81.2 cm³/mol. The van der Waals surface area contributed by atoms with Crippen molar-refractivity contribution >= 4 is 0 Å². The van der Waals surface area contributed by atoms with Crippen molar-refractivity contribution in [1.29, 1.82) is 0 Å². The Morgan fingerprint density at radius 3 is 2.00 bits per heavy atom. The van der Waals surface area contributed by atoms with E-state index in [1.807, 2.05) is 13.8 Å². The van der Waals surface area contributed by atoms with Crippen molar-refractivity contribution in [3.8, 4) is 0 Å². The Morgan fingerprint density at radius 2 is 1.40 bits per heavy atom. The van der Waals surface area contributed by atoms with E-state index >= 15 is 0 Å². The summed E-state index contributed by atoms with van der Waals surface area (Å²) in [6.45, 7) is 7.51. The first-order valence-corrected chi connectivity index (χ1v) is 7.90. The summed E-state index contributed by atoms with van der Waals surface area (Å²) < 4.78 is 21.5. The topological polar surface area (TPSA) is 36.9 Å². The van der Waals surface area contributed by atoms with E-state index < -0.39 is 0 Å². The minimum absolute atomic E-state index is 0.183. The summed E-state index contributed by atoms with van der Waals surface area (Å²) in [7, 11) is 1.59. The molecule has 0 aromatic rings. The van der Waals surface area contributed by atoms with Gasteiger partial charge in [0.25, 0.3) is 0 Å². The standard InChI is InChI=1S/C16H32O4/c1-5-8-9-10-11-12-13-15(18-6-2)16(19-7-3)20-14-17-4/h5-14H2,1-4H3/b16-15-. The molecule has 0 radical (unpaired) electrons. The molecular weight excluding hydrogens is 256 g/mol. The normalized spacial score (nSPS) is 12.0.